The number of thiocarbonyl (C=S) groups is 1. The van der Waals surface area contributed by atoms with Crippen molar-refractivity contribution in [3.8, 4) is 5.75 Å². The summed E-state index contributed by atoms with van der Waals surface area (Å²) >= 11 is 12.4. The Bertz CT molecular complexity index is 1230. The third-order valence-corrected chi connectivity index (χ3v) is 6.53. The SMILES string of the molecule is O=C(O)[C@@H](c1ccccc1)N1C(=O)/C(=C/c2ccccc2OCc2ccc(Cl)cc2)SC1=S. The number of carboxylic acid groups (broad SMARTS) is 1. The molecule has 0 unspecified atom stereocenters. The Labute approximate surface area is 205 Å². The lowest BCUT2D eigenvalue weighted by Crippen LogP contribution is -2.37. The van der Waals surface area contributed by atoms with Crippen molar-refractivity contribution in [2.45, 2.75) is 12.6 Å². The first-order chi connectivity index (χ1) is 15.9. The molecule has 0 spiro atoms. The van der Waals surface area contributed by atoms with E-state index in [0.29, 0.717) is 33.4 Å². The molecular formula is C25H18ClNO4S2. The van der Waals surface area contributed by atoms with Gasteiger partial charge in [-0.05, 0) is 35.4 Å². The predicted molar refractivity (Wildman–Crippen MR) is 134 cm³/mol. The fraction of sp³-hybridized carbons (Fsp3) is 0.0800. The summed E-state index contributed by atoms with van der Waals surface area (Å²) in [6.07, 6.45) is 1.68. The minimum Gasteiger partial charge on any atom is -0.488 e. The van der Waals surface area contributed by atoms with Crippen LogP contribution in [0.5, 0.6) is 5.75 Å². The maximum absolute atomic E-state index is 13.2. The van der Waals surface area contributed by atoms with Gasteiger partial charge in [-0.2, -0.15) is 0 Å². The van der Waals surface area contributed by atoms with Crippen LogP contribution < -0.4 is 4.74 Å². The second kappa shape index (κ2) is 10.2. The van der Waals surface area contributed by atoms with E-state index in [0.717, 1.165) is 22.2 Å². The van der Waals surface area contributed by atoms with E-state index in [-0.39, 0.29) is 4.32 Å². The summed E-state index contributed by atoms with van der Waals surface area (Å²) in [5.74, 6) is -1.00. The lowest BCUT2D eigenvalue weighted by Gasteiger charge is -2.23. The first-order valence-corrected chi connectivity index (χ1v) is 11.6. The van der Waals surface area contributed by atoms with Crippen molar-refractivity contribution in [2.24, 2.45) is 0 Å². The van der Waals surface area contributed by atoms with Gasteiger partial charge in [-0.1, -0.05) is 96.2 Å². The predicted octanol–water partition coefficient (Wildman–Crippen LogP) is 5.95. The fourth-order valence-corrected chi connectivity index (χ4v) is 4.78. The number of rotatable bonds is 7. The molecule has 0 bridgehead atoms. The van der Waals surface area contributed by atoms with E-state index in [9.17, 15) is 14.7 Å². The number of amides is 1. The molecule has 166 valence electrons. The van der Waals surface area contributed by atoms with Crippen LogP contribution in [0.15, 0.2) is 83.8 Å². The number of nitrogens with zero attached hydrogens (tertiary/aromatic N) is 1. The standard InChI is InChI=1S/C25H18ClNO4S2/c26-19-12-10-16(11-13-19)15-31-20-9-5-4-8-18(20)14-21-23(28)27(25(32)33-21)22(24(29)30)17-6-2-1-3-7-17/h1-14,22H,15H2,(H,29,30)/b21-14-/t22-/m1/s1. The molecule has 33 heavy (non-hydrogen) atoms. The molecule has 1 amide bonds. The van der Waals surface area contributed by atoms with Gasteiger partial charge in [0.2, 0.25) is 0 Å². The van der Waals surface area contributed by atoms with Crippen molar-refractivity contribution in [1.82, 2.24) is 4.90 Å². The van der Waals surface area contributed by atoms with Gasteiger partial charge < -0.3 is 9.84 Å². The minimum absolute atomic E-state index is 0.196. The number of aliphatic carboxylic acids is 1. The van der Waals surface area contributed by atoms with E-state index < -0.39 is 17.9 Å². The Hall–Kier alpha value is -3.13. The summed E-state index contributed by atoms with van der Waals surface area (Å²) < 4.78 is 6.16. The number of halogens is 1. The van der Waals surface area contributed by atoms with Crippen molar-refractivity contribution in [1.29, 1.82) is 0 Å². The second-order valence-corrected chi connectivity index (χ2v) is 9.27. The maximum Gasteiger partial charge on any atom is 0.331 e. The number of hydrogen-bond acceptors (Lipinski definition) is 5. The molecule has 8 heteroatoms. The molecule has 1 fully saturated rings. The van der Waals surface area contributed by atoms with Crippen molar-refractivity contribution in [3.63, 3.8) is 0 Å². The fourth-order valence-electron chi connectivity index (χ4n) is 3.35. The third kappa shape index (κ3) is 5.27. The maximum atomic E-state index is 13.2. The molecule has 3 aromatic rings. The van der Waals surface area contributed by atoms with E-state index in [2.05, 4.69) is 0 Å². The van der Waals surface area contributed by atoms with Crippen LogP contribution in [-0.4, -0.2) is 26.2 Å². The van der Waals surface area contributed by atoms with Crippen LogP contribution in [0, 0.1) is 0 Å². The average Bonchev–Trinajstić information content (AvgIpc) is 3.08. The molecule has 0 aliphatic carbocycles. The number of carboxylic acids is 1. The number of para-hydroxylation sites is 1. The lowest BCUT2D eigenvalue weighted by atomic mass is 10.1. The number of carbonyl (C=O) groups is 2. The van der Waals surface area contributed by atoms with Gasteiger partial charge in [0.15, 0.2) is 6.04 Å². The Morgan fingerprint density at radius 2 is 1.73 bits per heavy atom. The molecule has 0 radical (unpaired) electrons. The highest BCUT2D eigenvalue weighted by Crippen LogP contribution is 2.39. The van der Waals surface area contributed by atoms with Gasteiger partial charge in [0.25, 0.3) is 5.91 Å². The largest absolute Gasteiger partial charge is 0.488 e. The Kier molecular flexibility index (Phi) is 7.13. The number of carbonyl (C=O) groups excluding carboxylic acids is 1. The van der Waals surface area contributed by atoms with Gasteiger partial charge in [0.05, 0.1) is 4.91 Å². The normalized spacial score (nSPS) is 15.7. The smallest absolute Gasteiger partial charge is 0.331 e. The Balaban J connectivity index is 1.59. The Morgan fingerprint density at radius 3 is 2.42 bits per heavy atom. The number of thioether (sulfide) groups is 1. The van der Waals surface area contributed by atoms with Crippen molar-refractivity contribution >= 4 is 57.9 Å². The van der Waals surface area contributed by atoms with E-state index in [1.807, 2.05) is 36.4 Å². The average molecular weight is 496 g/mol. The van der Waals surface area contributed by atoms with Crippen molar-refractivity contribution < 1.29 is 19.4 Å². The first kappa shape index (κ1) is 23.0. The highest BCUT2D eigenvalue weighted by Gasteiger charge is 2.41. The highest BCUT2D eigenvalue weighted by molar-refractivity contribution is 8.26. The summed E-state index contributed by atoms with van der Waals surface area (Å²) in [5.41, 5.74) is 2.13. The van der Waals surface area contributed by atoms with Gasteiger partial charge in [0.1, 0.15) is 16.7 Å². The van der Waals surface area contributed by atoms with E-state index in [1.165, 1.54) is 0 Å². The lowest BCUT2D eigenvalue weighted by molar-refractivity contribution is -0.145. The molecule has 0 aromatic heterocycles. The summed E-state index contributed by atoms with van der Waals surface area (Å²) in [4.78, 5) is 26.7. The number of ether oxygens (including phenoxy) is 1. The molecule has 1 aliphatic rings. The topological polar surface area (TPSA) is 66.8 Å². The molecule has 1 atom stereocenters. The zero-order valence-corrected chi connectivity index (χ0v) is 19.6. The van der Waals surface area contributed by atoms with Crippen LogP contribution >= 0.6 is 35.6 Å². The van der Waals surface area contributed by atoms with E-state index >= 15 is 0 Å². The second-order valence-electron chi connectivity index (χ2n) is 7.16. The van der Waals surface area contributed by atoms with Crippen LogP contribution in [0.4, 0.5) is 0 Å². The Morgan fingerprint density at radius 1 is 1.06 bits per heavy atom. The molecule has 1 aliphatic heterocycles. The zero-order chi connectivity index (χ0) is 23.4. The summed E-state index contributed by atoms with van der Waals surface area (Å²) in [6.45, 7) is 0.331. The van der Waals surface area contributed by atoms with Crippen LogP contribution in [0.1, 0.15) is 22.7 Å². The van der Waals surface area contributed by atoms with Crippen molar-refractivity contribution in [3.05, 3.63) is 105 Å². The quantitative estimate of drug-likeness (QED) is 0.323. The summed E-state index contributed by atoms with van der Waals surface area (Å²) in [6, 6.07) is 22.1. The third-order valence-electron chi connectivity index (χ3n) is 4.94. The van der Waals surface area contributed by atoms with Gasteiger partial charge in [-0.25, -0.2) is 4.79 Å². The molecule has 1 N–H and O–H groups in total. The van der Waals surface area contributed by atoms with E-state index in [1.54, 1.807) is 48.5 Å². The van der Waals surface area contributed by atoms with Crippen LogP contribution in [0.25, 0.3) is 6.08 Å². The van der Waals surface area contributed by atoms with Crippen molar-refractivity contribution in [2.75, 3.05) is 0 Å². The van der Waals surface area contributed by atoms with Gasteiger partial charge in [-0.15, -0.1) is 0 Å². The monoisotopic (exact) mass is 495 g/mol. The molecule has 1 saturated heterocycles. The van der Waals surface area contributed by atoms with Gasteiger partial charge in [-0.3, -0.25) is 9.69 Å². The zero-order valence-electron chi connectivity index (χ0n) is 17.2. The molecule has 4 rings (SSSR count). The van der Waals surface area contributed by atoms with Crippen LogP contribution in [0.2, 0.25) is 5.02 Å². The molecular weight excluding hydrogens is 478 g/mol. The van der Waals surface area contributed by atoms with Crippen LogP contribution in [-0.2, 0) is 16.2 Å². The minimum atomic E-state index is -1.19. The van der Waals surface area contributed by atoms with Gasteiger partial charge >= 0.3 is 5.97 Å². The molecule has 5 nitrogen and oxygen atoms in total. The van der Waals surface area contributed by atoms with Gasteiger partial charge in [0, 0.05) is 10.6 Å². The molecule has 3 aromatic carbocycles. The number of benzene rings is 3. The molecule has 0 saturated carbocycles. The summed E-state index contributed by atoms with van der Waals surface area (Å²) in [7, 11) is 0. The number of hydrogen-bond donors (Lipinski definition) is 1. The highest BCUT2D eigenvalue weighted by atomic mass is 35.5. The molecule has 1 heterocycles. The van der Waals surface area contributed by atoms with E-state index in [4.69, 9.17) is 28.6 Å². The van der Waals surface area contributed by atoms with Crippen LogP contribution in [0.3, 0.4) is 0 Å². The first-order valence-electron chi connectivity index (χ1n) is 9.95. The summed E-state index contributed by atoms with van der Waals surface area (Å²) in [5, 5.41) is 10.5.